The lowest BCUT2D eigenvalue weighted by molar-refractivity contribution is -0.117. The first-order valence-corrected chi connectivity index (χ1v) is 9.03. The van der Waals surface area contributed by atoms with Crippen molar-refractivity contribution in [3.63, 3.8) is 0 Å². The van der Waals surface area contributed by atoms with E-state index in [2.05, 4.69) is 20.8 Å². The van der Waals surface area contributed by atoms with E-state index in [1.807, 2.05) is 24.3 Å². The predicted octanol–water partition coefficient (Wildman–Crippen LogP) is 1.12. The van der Waals surface area contributed by atoms with Crippen molar-refractivity contribution in [2.45, 2.75) is 11.7 Å². The summed E-state index contributed by atoms with van der Waals surface area (Å²) in [4.78, 5) is 24.1. The van der Waals surface area contributed by atoms with E-state index in [0.29, 0.717) is 17.4 Å². The fourth-order valence-corrected chi connectivity index (χ4v) is 3.03. The van der Waals surface area contributed by atoms with Crippen molar-refractivity contribution in [1.82, 2.24) is 30.1 Å². The Kier molecular flexibility index (Phi) is 5.87. The zero-order valence-electron chi connectivity index (χ0n) is 14.8. The number of amides is 2. The molecule has 0 aliphatic carbocycles. The molecule has 0 aliphatic heterocycles. The lowest BCUT2D eigenvalue weighted by Crippen LogP contribution is -2.33. The van der Waals surface area contributed by atoms with Crippen LogP contribution in [-0.2, 0) is 18.4 Å². The molecule has 0 spiro atoms. The minimum atomic E-state index is -0.439. The van der Waals surface area contributed by atoms with Gasteiger partial charge >= 0.3 is 0 Å². The Morgan fingerprint density at radius 3 is 2.67 bits per heavy atom. The van der Waals surface area contributed by atoms with Gasteiger partial charge in [-0.1, -0.05) is 23.9 Å². The quantitative estimate of drug-likeness (QED) is 0.607. The molecule has 2 amide bonds. The molecule has 0 bridgehead atoms. The highest BCUT2D eigenvalue weighted by Gasteiger charge is 2.15. The molecule has 1 aromatic carbocycles. The van der Waals surface area contributed by atoms with Gasteiger partial charge in [0.1, 0.15) is 11.4 Å². The van der Waals surface area contributed by atoms with Crippen molar-refractivity contribution in [2.75, 3.05) is 12.9 Å². The number of carbonyl (C=O) groups excluding carboxylic acids is 2. The highest BCUT2D eigenvalue weighted by atomic mass is 32.2. The van der Waals surface area contributed by atoms with Crippen LogP contribution in [0, 0.1) is 0 Å². The van der Waals surface area contributed by atoms with Gasteiger partial charge in [0.2, 0.25) is 11.1 Å². The molecular formula is C17H18N6O3S. The number of benzene rings is 1. The second-order valence-electron chi connectivity index (χ2n) is 5.64. The number of hydrogen-bond donors (Lipinski definition) is 1. The monoisotopic (exact) mass is 386 g/mol. The number of tetrazole rings is 1. The van der Waals surface area contributed by atoms with Crippen LogP contribution in [0.15, 0.2) is 47.8 Å². The Balaban J connectivity index is 1.55. The standard InChI is InChI=1S/C17H18N6O3S/c1-22-9-3-4-14(22)16(25)18-15(24)11-27-17-19-20-21-23(17)10-12-5-7-13(26-2)8-6-12/h3-9H,10-11H2,1-2H3,(H,18,24,25). The van der Waals surface area contributed by atoms with Gasteiger partial charge in [0.25, 0.3) is 5.91 Å². The maximum absolute atomic E-state index is 12.0. The van der Waals surface area contributed by atoms with E-state index in [0.717, 1.165) is 23.1 Å². The van der Waals surface area contributed by atoms with Crippen LogP contribution >= 0.6 is 11.8 Å². The first-order valence-electron chi connectivity index (χ1n) is 8.04. The summed E-state index contributed by atoms with van der Waals surface area (Å²) in [6.07, 6.45) is 1.74. The van der Waals surface area contributed by atoms with Crippen LogP contribution < -0.4 is 10.1 Å². The molecule has 0 unspecified atom stereocenters. The predicted molar refractivity (Wildman–Crippen MR) is 98.5 cm³/mol. The molecule has 27 heavy (non-hydrogen) atoms. The average molecular weight is 386 g/mol. The number of rotatable bonds is 7. The first kappa shape index (κ1) is 18.6. The number of aromatic nitrogens is 5. The van der Waals surface area contributed by atoms with Crippen molar-refractivity contribution in [2.24, 2.45) is 7.05 Å². The van der Waals surface area contributed by atoms with E-state index in [1.165, 1.54) is 0 Å². The normalized spacial score (nSPS) is 10.6. The van der Waals surface area contributed by atoms with E-state index in [9.17, 15) is 9.59 Å². The highest BCUT2D eigenvalue weighted by molar-refractivity contribution is 7.99. The summed E-state index contributed by atoms with van der Waals surface area (Å²) in [5, 5.41) is 14.4. The Hall–Kier alpha value is -3.14. The largest absolute Gasteiger partial charge is 0.497 e. The molecule has 0 aliphatic rings. The second kappa shape index (κ2) is 8.49. The molecule has 3 aromatic rings. The molecule has 0 fully saturated rings. The summed E-state index contributed by atoms with van der Waals surface area (Å²) in [5.74, 6) is -0.0557. The van der Waals surface area contributed by atoms with Crippen molar-refractivity contribution in [1.29, 1.82) is 0 Å². The third kappa shape index (κ3) is 4.73. The maximum atomic E-state index is 12.0. The molecule has 0 atom stereocenters. The van der Waals surface area contributed by atoms with Crippen molar-refractivity contribution < 1.29 is 14.3 Å². The van der Waals surface area contributed by atoms with Gasteiger partial charge in [-0.2, -0.15) is 0 Å². The molecule has 9 nitrogen and oxygen atoms in total. The molecule has 0 saturated heterocycles. The van der Waals surface area contributed by atoms with Crippen molar-refractivity contribution in [3.05, 3.63) is 53.9 Å². The summed E-state index contributed by atoms with van der Waals surface area (Å²) in [6.45, 7) is 0.462. The molecule has 1 N–H and O–H groups in total. The van der Waals surface area contributed by atoms with E-state index in [4.69, 9.17) is 4.74 Å². The molecule has 0 radical (unpaired) electrons. The summed E-state index contributed by atoms with van der Waals surface area (Å²) in [5.41, 5.74) is 1.41. The van der Waals surface area contributed by atoms with Crippen LogP contribution in [-0.4, -0.2) is 49.5 Å². The number of ether oxygens (including phenoxy) is 1. The van der Waals surface area contributed by atoms with E-state index >= 15 is 0 Å². The molecule has 3 rings (SSSR count). The first-order chi connectivity index (χ1) is 13.1. The number of aryl methyl sites for hydroxylation is 1. The molecule has 2 aromatic heterocycles. The van der Waals surface area contributed by atoms with Crippen LogP contribution in [0.1, 0.15) is 16.1 Å². The van der Waals surface area contributed by atoms with Gasteiger partial charge in [-0.3, -0.25) is 14.9 Å². The van der Waals surface area contributed by atoms with Gasteiger partial charge in [-0.15, -0.1) is 5.10 Å². The molecule has 10 heteroatoms. The van der Waals surface area contributed by atoms with Crippen molar-refractivity contribution in [3.8, 4) is 5.75 Å². The zero-order valence-corrected chi connectivity index (χ0v) is 15.6. The minimum absolute atomic E-state index is 0.0269. The maximum Gasteiger partial charge on any atom is 0.274 e. The van der Waals surface area contributed by atoms with Gasteiger partial charge in [0.05, 0.1) is 19.4 Å². The Morgan fingerprint density at radius 2 is 2.00 bits per heavy atom. The lowest BCUT2D eigenvalue weighted by atomic mass is 10.2. The smallest absolute Gasteiger partial charge is 0.274 e. The van der Waals surface area contributed by atoms with Gasteiger partial charge in [-0.25, -0.2) is 4.68 Å². The van der Waals surface area contributed by atoms with Crippen LogP contribution in [0.2, 0.25) is 0 Å². The van der Waals surface area contributed by atoms with Crippen LogP contribution in [0.4, 0.5) is 0 Å². The molecule has 2 heterocycles. The van der Waals surface area contributed by atoms with Gasteiger partial charge in [0, 0.05) is 13.2 Å². The fourth-order valence-electron chi connectivity index (χ4n) is 2.36. The van der Waals surface area contributed by atoms with E-state index in [-0.39, 0.29) is 5.75 Å². The summed E-state index contributed by atoms with van der Waals surface area (Å²) in [6, 6.07) is 10.9. The molecule has 140 valence electrons. The van der Waals surface area contributed by atoms with E-state index < -0.39 is 11.8 Å². The Labute approximate surface area is 159 Å². The number of hydrogen-bond acceptors (Lipinski definition) is 7. The summed E-state index contributed by atoms with van der Waals surface area (Å²) >= 11 is 1.16. The Morgan fingerprint density at radius 1 is 1.22 bits per heavy atom. The van der Waals surface area contributed by atoms with Crippen LogP contribution in [0.5, 0.6) is 5.75 Å². The fraction of sp³-hybridized carbons (Fsp3) is 0.235. The van der Waals surface area contributed by atoms with Gasteiger partial charge < -0.3 is 9.30 Å². The topological polar surface area (TPSA) is 104 Å². The van der Waals surface area contributed by atoms with Crippen LogP contribution in [0.25, 0.3) is 0 Å². The van der Waals surface area contributed by atoms with Gasteiger partial charge in [-0.05, 0) is 40.3 Å². The lowest BCUT2D eigenvalue weighted by Gasteiger charge is -2.06. The second-order valence-corrected chi connectivity index (χ2v) is 6.58. The Bertz CT molecular complexity index is 934. The summed E-state index contributed by atoms with van der Waals surface area (Å²) in [7, 11) is 3.35. The molecular weight excluding hydrogens is 368 g/mol. The third-order valence-corrected chi connectivity index (χ3v) is 4.71. The number of imide groups is 1. The number of nitrogens with zero attached hydrogens (tertiary/aromatic N) is 5. The van der Waals surface area contributed by atoms with Crippen molar-refractivity contribution >= 4 is 23.6 Å². The van der Waals surface area contributed by atoms with Gasteiger partial charge in [0.15, 0.2) is 0 Å². The molecule has 0 saturated carbocycles. The third-order valence-electron chi connectivity index (χ3n) is 3.75. The number of thioether (sulfide) groups is 1. The van der Waals surface area contributed by atoms with E-state index in [1.54, 1.807) is 41.7 Å². The number of nitrogens with one attached hydrogen (secondary N) is 1. The summed E-state index contributed by atoms with van der Waals surface area (Å²) < 4.78 is 8.37. The zero-order chi connectivity index (χ0) is 19.2. The van der Waals surface area contributed by atoms with Crippen LogP contribution in [0.3, 0.4) is 0 Å². The number of carbonyl (C=O) groups is 2. The SMILES string of the molecule is COc1ccc(Cn2nnnc2SCC(=O)NC(=O)c2cccn2C)cc1. The highest BCUT2D eigenvalue weighted by Crippen LogP contribution is 2.16. The minimum Gasteiger partial charge on any atom is -0.497 e. The average Bonchev–Trinajstić information content (AvgIpc) is 3.29. The number of methoxy groups -OCH3 is 1.